The minimum atomic E-state index is -5.54. The van der Waals surface area contributed by atoms with Crippen LogP contribution in [0.5, 0.6) is 5.75 Å². The van der Waals surface area contributed by atoms with Gasteiger partial charge in [-0.05, 0) is 12.1 Å². The van der Waals surface area contributed by atoms with Crippen LogP contribution in [-0.2, 0) is 45.9 Å². The van der Waals surface area contributed by atoms with Gasteiger partial charge < -0.3 is 60.4 Å². The average molecular weight is 930 g/mol. The number of thiol groups is 1. The number of hydrogen-bond acceptors (Lipinski definition) is 20. The number of aliphatic hydroxyl groups is 2. The molecule has 30 heteroatoms. The van der Waals surface area contributed by atoms with Gasteiger partial charge in [-0.2, -0.15) is 16.9 Å². The van der Waals surface area contributed by atoms with Gasteiger partial charge in [0.05, 0.1) is 31.0 Å². The van der Waals surface area contributed by atoms with Crippen LogP contribution < -0.4 is 22.0 Å². The zero-order chi connectivity index (χ0) is 44.6. The lowest BCUT2D eigenvalue weighted by atomic mass is 9.87. The summed E-state index contributed by atoms with van der Waals surface area (Å²) in [5.74, 6) is -0.983. The van der Waals surface area contributed by atoms with Gasteiger partial charge in [0.1, 0.15) is 47.6 Å². The Hall–Kier alpha value is -3.88. The van der Waals surface area contributed by atoms with Crippen LogP contribution in [0, 0.1) is 5.41 Å². The van der Waals surface area contributed by atoms with E-state index in [1.165, 1.54) is 13.8 Å². The van der Waals surface area contributed by atoms with E-state index in [2.05, 4.69) is 47.0 Å². The minimum Gasteiger partial charge on any atom is -0.507 e. The number of ether oxygens (including phenoxy) is 1. The van der Waals surface area contributed by atoms with Gasteiger partial charge in [0.25, 0.3) is 0 Å². The molecule has 4 heterocycles. The topological polar surface area (TPSA) is 397 Å². The summed E-state index contributed by atoms with van der Waals surface area (Å²) in [7, 11) is -16.3. The number of aromatic nitrogens is 4. The zero-order valence-corrected chi connectivity index (χ0v) is 34.9. The highest BCUT2D eigenvalue weighted by atomic mass is 32.1. The van der Waals surface area contributed by atoms with Crippen molar-refractivity contribution >= 4 is 75.9 Å². The number of nitrogen functional groups attached to an aromatic ring is 1. The Bertz CT molecular complexity index is 2350. The van der Waals surface area contributed by atoms with Crippen molar-refractivity contribution in [1.82, 2.24) is 30.2 Å². The van der Waals surface area contributed by atoms with Gasteiger partial charge in [0.2, 0.25) is 11.8 Å². The van der Waals surface area contributed by atoms with Crippen molar-refractivity contribution in [3.05, 3.63) is 53.4 Å². The first kappa shape index (κ1) is 48.8. The largest absolute Gasteiger partial charge is 0.507 e. The number of fused-ring (bicyclic) bond motifs is 2. The number of nitrogens with zero attached hydrogens (tertiary/aromatic N) is 4. The second kappa shape index (κ2) is 20.3. The van der Waals surface area contributed by atoms with Crippen molar-refractivity contribution in [2.75, 3.05) is 37.8 Å². The molecule has 1 saturated heterocycles. The molecule has 60 heavy (non-hydrogen) atoms. The Morgan fingerprint density at radius 1 is 1.05 bits per heavy atom. The minimum absolute atomic E-state index is 0.0363. The first-order chi connectivity index (χ1) is 27.9. The third kappa shape index (κ3) is 13.6. The molecule has 0 radical (unpaired) electrons. The maximum atomic E-state index is 12.6. The molecule has 1 fully saturated rings. The molecule has 11 N–H and O–H groups in total. The lowest BCUT2D eigenvalue weighted by Gasteiger charge is -2.30. The van der Waals surface area contributed by atoms with Crippen molar-refractivity contribution in [2.45, 2.75) is 50.9 Å². The molecule has 1 aliphatic rings. The summed E-state index contributed by atoms with van der Waals surface area (Å²) in [6.07, 6.45) is -6.74. The van der Waals surface area contributed by atoms with Gasteiger partial charge in [-0.25, -0.2) is 33.4 Å². The van der Waals surface area contributed by atoms with Crippen molar-refractivity contribution < 1.29 is 85.2 Å². The van der Waals surface area contributed by atoms with Crippen molar-refractivity contribution in [1.29, 1.82) is 0 Å². The molecule has 0 saturated carbocycles. The van der Waals surface area contributed by atoms with Gasteiger partial charge in [0, 0.05) is 30.7 Å². The third-order valence-electron chi connectivity index (χ3n) is 8.14. The fourth-order valence-electron chi connectivity index (χ4n) is 5.23. The number of carbonyl (C=O) groups is 2. The molecule has 0 bridgehead atoms. The molecule has 0 spiro atoms. The Kier molecular flexibility index (Phi) is 16.5. The molecule has 332 valence electrons. The highest BCUT2D eigenvalue weighted by Crippen LogP contribution is 2.61. The number of carbonyl (C=O) groups excluding carboxylic acids is 2. The summed E-state index contributed by atoms with van der Waals surface area (Å²) >= 11 is 3.95. The van der Waals surface area contributed by atoms with Crippen molar-refractivity contribution in [3.63, 3.8) is 0 Å². The second-order valence-corrected chi connectivity index (χ2v) is 17.9. The maximum Gasteiger partial charge on any atom is 0.481 e. The third-order valence-corrected chi connectivity index (χ3v) is 11.5. The number of para-hydroxylation sites is 1. The summed E-state index contributed by atoms with van der Waals surface area (Å²) in [6, 6.07) is 7.89. The number of nitrogens with two attached hydrogens (primary N) is 1. The van der Waals surface area contributed by atoms with Crippen LogP contribution in [0.2, 0.25) is 0 Å². The second-order valence-electron chi connectivity index (χ2n) is 13.2. The van der Waals surface area contributed by atoms with E-state index in [-0.39, 0.29) is 41.6 Å². The summed E-state index contributed by atoms with van der Waals surface area (Å²) < 4.78 is 66.5. The number of phosphoric ester groups is 3. The molecule has 1 aromatic carbocycles. The Morgan fingerprint density at radius 2 is 1.73 bits per heavy atom. The lowest BCUT2D eigenvalue weighted by Crippen LogP contribution is -2.46. The van der Waals surface area contributed by atoms with E-state index in [1.54, 1.807) is 24.3 Å². The quantitative estimate of drug-likeness (QED) is 0.0350. The number of rotatable bonds is 18. The number of hydrogen-bond donors (Lipinski definition) is 11. The van der Waals surface area contributed by atoms with Gasteiger partial charge in [0.15, 0.2) is 17.7 Å². The predicted molar refractivity (Wildman–Crippen MR) is 208 cm³/mol. The van der Waals surface area contributed by atoms with Crippen LogP contribution >= 0.6 is 36.1 Å². The molecule has 7 atom stereocenters. The number of phosphoric acid groups is 3. The number of benzene rings is 1. The number of amides is 2. The molecular weight excluding hydrogens is 887 g/mol. The van der Waals surface area contributed by atoms with Crippen LogP contribution in [0.15, 0.2) is 52.2 Å². The standard InChI is InChI=1S/C21H36N7O16P3S.C9H6O3/c1-21(2,16(31)19(32)24-4-3-12(29)23-5-6-48)8-41-47(38,39)44-46(36,37)40-7-11-15(43-45(33,34)35)14(30)20(42-11)28-10-27-13-17(22)25-9-26-18(13)28;10-7-5-9(11)12-8-4-2-1-3-6(7)8/h9-11,14-16,20,30-31,48H,3-8H2,1-2H3,(H,23,29)(H,24,32)(H,36,37)(H,38,39)(H2,22,25,26)(H2,33,34,35);1-5,10H/t11-,14-,15-,16?,20-;/m1./s1. The van der Waals surface area contributed by atoms with Crippen LogP contribution in [0.25, 0.3) is 22.1 Å². The molecule has 26 nitrogen and oxygen atoms in total. The number of nitrogens with one attached hydrogen (secondary N) is 2. The molecule has 4 aromatic rings. The summed E-state index contributed by atoms with van der Waals surface area (Å²) in [6.45, 7) is 0.723. The highest BCUT2D eigenvalue weighted by Gasteiger charge is 2.50. The van der Waals surface area contributed by atoms with E-state index in [1.807, 2.05) is 0 Å². The monoisotopic (exact) mass is 929 g/mol. The van der Waals surface area contributed by atoms with Crippen molar-refractivity contribution in [2.24, 2.45) is 5.41 Å². The molecular formula is C30H42N7O19P3S. The van der Waals surface area contributed by atoms with E-state index >= 15 is 0 Å². The van der Waals surface area contributed by atoms with E-state index in [0.717, 1.165) is 23.3 Å². The van der Waals surface area contributed by atoms with Gasteiger partial charge >= 0.3 is 29.1 Å². The number of imidazole rings is 1. The molecule has 2 amide bonds. The van der Waals surface area contributed by atoms with E-state index in [4.69, 9.17) is 23.9 Å². The molecule has 3 unspecified atom stereocenters. The average Bonchev–Trinajstić information content (AvgIpc) is 3.72. The van der Waals surface area contributed by atoms with Gasteiger partial charge in [-0.15, -0.1) is 0 Å². The summed E-state index contributed by atoms with van der Waals surface area (Å²) in [5, 5.41) is 35.9. The zero-order valence-electron chi connectivity index (χ0n) is 31.4. The Morgan fingerprint density at radius 3 is 2.42 bits per heavy atom. The fourth-order valence-corrected chi connectivity index (χ4v) is 8.17. The van der Waals surface area contributed by atoms with Crippen LogP contribution in [0.1, 0.15) is 26.5 Å². The SMILES string of the molecule is CC(C)(COP(=O)(O)OP(=O)(O)OC[C@H]1O[C@@H](n2cnc3c(N)ncnc32)[C@H](O)[C@@H]1OP(=O)(O)O)C(O)C(=O)NCCC(=O)NCCS.O=c1cc(O)c2ccccc2o1. The van der Waals surface area contributed by atoms with E-state index in [9.17, 15) is 63.0 Å². The number of aliphatic hydroxyl groups excluding tert-OH is 2. The van der Waals surface area contributed by atoms with Crippen LogP contribution in [-0.4, -0.2) is 123 Å². The van der Waals surface area contributed by atoms with Gasteiger partial charge in [-0.1, -0.05) is 26.0 Å². The van der Waals surface area contributed by atoms with Crippen molar-refractivity contribution in [3.8, 4) is 5.75 Å². The number of aromatic hydroxyl groups is 1. The molecule has 1 aliphatic heterocycles. The predicted octanol–water partition coefficient (Wildman–Crippen LogP) is -0.167. The highest BCUT2D eigenvalue weighted by molar-refractivity contribution is 7.80. The molecule has 5 rings (SSSR count). The first-order valence-electron chi connectivity index (χ1n) is 17.2. The normalized spacial score (nSPS) is 20.8. The van der Waals surface area contributed by atoms with Crippen LogP contribution in [0.3, 0.4) is 0 Å². The number of anilines is 1. The Balaban J connectivity index is 0.000000559. The van der Waals surface area contributed by atoms with Crippen LogP contribution in [0.4, 0.5) is 5.82 Å². The van der Waals surface area contributed by atoms with E-state index < -0.39 is 84.3 Å². The maximum absolute atomic E-state index is 12.6. The first-order valence-corrected chi connectivity index (χ1v) is 22.3. The summed E-state index contributed by atoms with van der Waals surface area (Å²) in [4.78, 5) is 85.4. The van der Waals surface area contributed by atoms with Gasteiger partial charge in [-0.3, -0.25) is 27.7 Å². The smallest absolute Gasteiger partial charge is 0.481 e. The molecule has 0 aliphatic carbocycles. The fraction of sp³-hybridized carbons (Fsp3) is 0.467. The lowest BCUT2D eigenvalue weighted by molar-refractivity contribution is -0.137. The molecule has 3 aromatic heterocycles. The summed E-state index contributed by atoms with van der Waals surface area (Å²) in [5.41, 5.74) is 4.17. The Labute approximate surface area is 343 Å². The van der Waals surface area contributed by atoms with E-state index in [0.29, 0.717) is 23.3 Å².